The van der Waals surface area contributed by atoms with Crippen LogP contribution in [0.5, 0.6) is 0 Å². The molecule has 0 aliphatic carbocycles. The van der Waals surface area contributed by atoms with Crippen LogP contribution in [0, 0.1) is 11.3 Å². The quantitative estimate of drug-likeness (QED) is 0.849. The standard InChI is InChI=1S/C19H23N3O3/c1-18(2,3)24-17(23)22-10-8-19(9-11-22)12-16(21-25-19)15-6-4-14(13-20)5-7-15/h4-7,12,21H,8-11H2,1-3H3. The molecule has 0 radical (unpaired) electrons. The lowest BCUT2D eigenvalue weighted by molar-refractivity contribution is -0.0708. The molecule has 2 heterocycles. The van der Waals surface area contributed by atoms with Crippen molar-refractivity contribution >= 4 is 11.8 Å². The molecule has 0 unspecified atom stereocenters. The number of carbonyl (C=O) groups excluding carboxylic acids is 1. The summed E-state index contributed by atoms with van der Waals surface area (Å²) in [6.45, 7) is 6.79. The van der Waals surface area contributed by atoms with Crippen LogP contribution in [0.15, 0.2) is 30.3 Å². The van der Waals surface area contributed by atoms with Gasteiger partial charge in [-0.05, 0) is 44.5 Å². The minimum Gasteiger partial charge on any atom is -0.444 e. The number of nitrogens with zero attached hydrogens (tertiary/aromatic N) is 2. The largest absolute Gasteiger partial charge is 0.444 e. The van der Waals surface area contributed by atoms with Crippen molar-refractivity contribution in [3.63, 3.8) is 0 Å². The molecule has 1 saturated heterocycles. The molecule has 0 bridgehead atoms. The molecule has 0 aromatic heterocycles. The maximum atomic E-state index is 12.2. The maximum Gasteiger partial charge on any atom is 0.410 e. The Morgan fingerprint density at radius 2 is 1.92 bits per heavy atom. The Hall–Kier alpha value is -2.52. The number of benzene rings is 1. The van der Waals surface area contributed by atoms with E-state index in [0.717, 1.165) is 11.3 Å². The normalized spacial score (nSPS) is 19.1. The van der Waals surface area contributed by atoms with Gasteiger partial charge in [-0.15, -0.1) is 0 Å². The molecule has 3 rings (SSSR count). The lowest BCUT2D eigenvalue weighted by Crippen LogP contribution is -2.48. The third kappa shape index (κ3) is 3.94. The van der Waals surface area contributed by atoms with Crippen LogP contribution in [-0.4, -0.2) is 35.3 Å². The number of amides is 1. The predicted octanol–water partition coefficient (Wildman–Crippen LogP) is 3.20. The van der Waals surface area contributed by atoms with E-state index in [1.807, 2.05) is 32.9 Å². The highest BCUT2D eigenvalue weighted by Crippen LogP contribution is 2.35. The molecule has 132 valence electrons. The van der Waals surface area contributed by atoms with Crippen LogP contribution in [0.4, 0.5) is 4.79 Å². The van der Waals surface area contributed by atoms with Gasteiger partial charge in [0.15, 0.2) is 0 Å². The second-order valence-corrected chi connectivity index (χ2v) is 7.48. The summed E-state index contributed by atoms with van der Waals surface area (Å²) in [6, 6.07) is 9.48. The molecule has 6 heteroatoms. The zero-order chi connectivity index (χ0) is 18.1. The molecule has 2 aliphatic rings. The zero-order valence-electron chi connectivity index (χ0n) is 14.8. The fourth-order valence-electron chi connectivity index (χ4n) is 2.99. The van der Waals surface area contributed by atoms with Crippen LogP contribution in [0.3, 0.4) is 0 Å². The maximum absolute atomic E-state index is 12.2. The molecule has 1 fully saturated rings. The minimum absolute atomic E-state index is 0.274. The van der Waals surface area contributed by atoms with E-state index in [1.165, 1.54) is 0 Å². The minimum atomic E-state index is -0.486. The van der Waals surface area contributed by atoms with Crippen LogP contribution in [0.25, 0.3) is 5.70 Å². The van der Waals surface area contributed by atoms with Gasteiger partial charge in [0.1, 0.15) is 11.2 Å². The van der Waals surface area contributed by atoms with Crippen LogP contribution in [0.2, 0.25) is 0 Å². The van der Waals surface area contributed by atoms with Gasteiger partial charge in [-0.2, -0.15) is 5.26 Å². The van der Waals surface area contributed by atoms with Crippen LogP contribution in [0.1, 0.15) is 44.7 Å². The number of ether oxygens (including phenoxy) is 1. The monoisotopic (exact) mass is 341 g/mol. The smallest absolute Gasteiger partial charge is 0.410 e. The third-order valence-electron chi connectivity index (χ3n) is 4.36. The average Bonchev–Trinajstić information content (AvgIpc) is 2.98. The summed E-state index contributed by atoms with van der Waals surface area (Å²) in [5.74, 6) is 0. The van der Waals surface area contributed by atoms with Crippen molar-refractivity contribution in [2.45, 2.75) is 44.8 Å². The Morgan fingerprint density at radius 1 is 1.28 bits per heavy atom. The number of hydrogen-bond acceptors (Lipinski definition) is 5. The van der Waals surface area contributed by atoms with E-state index in [1.54, 1.807) is 17.0 Å². The summed E-state index contributed by atoms with van der Waals surface area (Å²) < 4.78 is 5.43. The van der Waals surface area contributed by atoms with Gasteiger partial charge in [-0.3, -0.25) is 10.3 Å². The van der Waals surface area contributed by atoms with Crippen molar-refractivity contribution < 1.29 is 14.4 Å². The van der Waals surface area contributed by atoms with Crippen molar-refractivity contribution in [3.05, 3.63) is 41.5 Å². The summed E-state index contributed by atoms with van der Waals surface area (Å²) in [4.78, 5) is 19.7. The molecule has 1 amide bonds. The first kappa shape index (κ1) is 17.3. The predicted molar refractivity (Wildman–Crippen MR) is 93.1 cm³/mol. The van der Waals surface area contributed by atoms with Gasteiger partial charge in [0.05, 0.1) is 17.3 Å². The van der Waals surface area contributed by atoms with Gasteiger partial charge in [0.25, 0.3) is 0 Å². The number of hydroxylamine groups is 1. The Kier molecular flexibility index (Phi) is 4.44. The van der Waals surface area contributed by atoms with Crippen LogP contribution >= 0.6 is 0 Å². The number of rotatable bonds is 1. The van der Waals surface area contributed by atoms with Crippen molar-refractivity contribution in [1.82, 2.24) is 10.4 Å². The zero-order valence-corrected chi connectivity index (χ0v) is 14.8. The van der Waals surface area contributed by atoms with Crippen molar-refractivity contribution in [1.29, 1.82) is 5.26 Å². The van der Waals surface area contributed by atoms with E-state index < -0.39 is 11.2 Å². The van der Waals surface area contributed by atoms with E-state index in [0.29, 0.717) is 31.5 Å². The van der Waals surface area contributed by atoms with Gasteiger partial charge in [0, 0.05) is 25.9 Å². The number of hydrogen-bond donors (Lipinski definition) is 1. The molecule has 6 nitrogen and oxygen atoms in total. The van der Waals surface area contributed by atoms with Gasteiger partial charge in [-0.1, -0.05) is 12.1 Å². The van der Waals surface area contributed by atoms with E-state index in [2.05, 4.69) is 17.6 Å². The first-order chi connectivity index (χ1) is 11.8. The topological polar surface area (TPSA) is 74.6 Å². The Morgan fingerprint density at radius 3 is 2.48 bits per heavy atom. The van der Waals surface area contributed by atoms with Crippen molar-refractivity contribution in [2.75, 3.05) is 13.1 Å². The molecular weight excluding hydrogens is 318 g/mol. The number of nitrogens with one attached hydrogen (secondary N) is 1. The molecular formula is C19H23N3O3. The van der Waals surface area contributed by atoms with Gasteiger partial charge >= 0.3 is 6.09 Å². The van der Waals surface area contributed by atoms with Gasteiger partial charge < -0.3 is 9.64 Å². The highest BCUT2D eigenvalue weighted by atomic mass is 16.7. The SMILES string of the molecule is CC(C)(C)OC(=O)N1CCC2(C=C(c3ccc(C#N)cc3)NO2)CC1. The summed E-state index contributed by atoms with van der Waals surface area (Å²) in [5, 5.41) is 8.89. The number of carbonyl (C=O) groups is 1. The Labute approximate surface area is 148 Å². The summed E-state index contributed by atoms with van der Waals surface area (Å²) in [7, 11) is 0. The fourth-order valence-corrected chi connectivity index (χ4v) is 2.99. The van der Waals surface area contributed by atoms with Crippen LogP contribution in [-0.2, 0) is 9.57 Å². The number of nitriles is 1. The molecule has 1 spiro atoms. The molecule has 1 aromatic carbocycles. The summed E-state index contributed by atoms with van der Waals surface area (Å²) >= 11 is 0. The van der Waals surface area contributed by atoms with Crippen molar-refractivity contribution in [2.24, 2.45) is 0 Å². The Bertz CT molecular complexity index is 718. The molecule has 0 atom stereocenters. The fraction of sp³-hybridized carbons (Fsp3) is 0.474. The number of likely N-dealkylation sites (tertiary alicyclic amines) is 1. The van der Waals surface area contributed by atoms with Gasteiger partial charge in [-0.25, -0.2) is 4.79 Å². The lowest BCUT2D eigenvalue weighted by Gasteiger charge is -2.37. The molecule has 25 heavy (non-hydrogen) atoms. The highest BCUT2D eigenvalue weighted by Gasteiger charge is 2.40. The molecule has 1 N–H and O–H groups in total. The van der Waals surface area contributed by atoms with Crippen LogP contribution < -0.4 is 5.48 Å². The van der Waals surface area contributed by atoms with E-state index >= 15 is 0 Å². The van der Waals surface area contributed by atoms with E-state index in [9.17, 15) is 4.79 Å². The van der Waals surface area contributed by atoms with Gasteiger partial charge in [0.2, 0.25) is 0 Å². The Balaban J connectivity index is 1.64. The molecule has 0 saturated carbocycles. The second kappa shape index (κ2) is 6.41. The average molecular weight is 341 g/mol. The highest BCUT2D eigenvalue weighted by molar-refractivity contribution is 5.69. The van der Waals surface area contributed by atoms with Crippen molar-refractivity contribution in [3.8, 4) is 6.07 Å². The first-order valence-corrected chi connectivity index (χ1v) is 8.46. The van der Waals surface area contributed by atoms with E-state index in [-0.39, 0.29) is 6.09 Å². The first-order valence-electron chi connectivity index (χ1n) is 8.46. The molecule has 1 aromatic rings. The second-order valence-electron chi connectivity index (χ2n) is 7.48. The molecule has 2 aliphatic heterocycles. The number of piperidine rings is 1. The summed E-state index contributed by atoms with van der Waals surface area (Å²) in [6.07, 6.45) is 3.23. The van der Waals surface area contributed by atoms with E-state index in [4.69, 9.17) is 14.8 Å². The lowest BCUT2D eigenvalue weighted by atomic mass is 9.90. The third-order valence-corrected chi connectivity index (χ3v) is 4.36. The summed E-state index contributed by atoms with van der Waals surface area (Å²) in [5.41, 5.74) is 4.61.